The second kappa shape index (κ2) is 4.74. The van der Waals surface area contributed by atoms with Gasteiger partial charge in [0.05, 0.1) is 12.3 Å². The highest BCUT2D eigenvalue weighted by molar-refractivity contribution is 6.18. The van der Waals surface area contributed by atoms with Crippen LogP contribution in [-0.2, 0) is 6.42 Å². The fourth-order valence-corrected chi connectivity index (χ4v) is 1.93. The lowest BCUT2D eigenvalue weighted by Crippen LogP contribution is -1.94. The molecule has 0 N–H and O–H groups in total. The first-order chi connectivity index (χ1) is 7.77. The fraction of sp³-hybridized carbons (Fsp3) is 0.417. The average Bonchev–Trinajstić information content (AvgIpc) is 2.67. The van der Waals surface area contributed by atoms with Gasteiger partial charge in [-0.1, -0.05) is 5.16 Å². The Morgan fingerprint density at radius 2 is 2.25 bits per heavy atom. The number of hydrogen-bond donors (Lipinski definition) is 0. The molecule has 0 saturated heterocycles. The van der Waals surface area contributed by atoms with Crippen LogP contribution in [0.25, 0.3) is 11.0 Å². The van der Waals surface area contributed by atoms with Crippen molar-refractivity contribution in [3.8, 4) is 5.75 Å². The number of nitrogens with zero attached hydrogens (tertiary/aromatic N) is 1. The molecule has 0 aliphatic carbocycles. The Hall–Kier alpha value is -1.22. The van der Waals surface area contributed by atoms with Crippen LogP contribution in [0.5, 0.6) is 5.75 Å². The van der Waals surface area contributed by atoms with Crippen molar-refractivity contribution in [2.45, 2.75) is 20.3 Å². The lowest BCUT2D eigenvalue weighted by atomic mass is 10.1. The molecule has 2 rings (SSSR count). The molecule has 3 nitrogen and oxygen atoms in total. The normalized spacial score (nSPS) is 10.9. The van der Waals surface area contributed by atoms with E-state index in [0.29, 0.717) is 12.5 Å². The topological polar surface area (TPSA) is 35.3 Å². The molecule has 1 heterocycles. The maximum Gasteiger partial charge on any atom is 0.173 e. The van der Waals surface area contributed by atoms with Gasteiger partial charge in [-0.05, 0) is 26.0 Å². The van der Waals surface area contributed by atoms with E-state index in [4.69, 9.17) is 20.9 Å². The smallest absolute Gasteiger partial charge is 0.173 e. The molecular weight excluding hydrogens is 226 g/mol. The number of benzene rings is 1. The quantitative estimate of drug-likeness (QED) is 0.768. The molecule has 0 atom stereocenters. The van der Waals surface area contributed by atoms with Crippen molar-refractivity contribution in [3.63, 3.8) is 0 Å². The van der Waals surface area contributed by atoms with Crippen LogP contribution in [0, 0.1) is 6.92 Å². The molecule has 1 aromatic carbocycles. The fourth-order valence-electron chi connectivity index (χ4n) is 1.75. The van der Waals surface area contributed by atoms with Gasteiger partial charge in [-0.2, -0.15) is 0 Å². The minimum atomic E-state index is 0.549. The van der Waals surface area contributed by atoms with E-state index in [1.54, 1.807) is 0 Å². The van der Waals surface area contributed by atoms with Gasteiger partial charge in [-0.25, -0.2) is 0 Å². The highest BCUT2D eigenvalue weighted by atomic mass is 35.5. The number of aryl methyl sites for hydroxylation is 2. The maximum atomic E-state index is 5.71. The zero-order valence-electron chi connectivity index (χ0n) is 9.42. The summed E-state index contributed by atoms with van der Waals surface area (Å²) in [5, 5.41) is 5.06. The first-order valence-electron chi connectivity index (χ1n) is 5.34. The number of rotatable bonds is 4. The summed E-state index contributed by atoms with van der Waals surface area (Å²) in [6.07, 6.45) is 0.724. The molecule has 0 unspecified atom stereocenters. The Labute approximate surface area is 99.3 Å². The summed E-state index contributed by atoms with van der Waals surface area (Å²) in [7, 11) is 0. The SMILES string of the molecule is CCOc1ccc2c(CCCl)noc2c1C. The largest absolute Gasteiger partial charge is 0.493 e. The van der Waals surface area contributed by atoms with E-state index in [1.807, 2.05) is 26.0 Å². The van der Waals surface area contributed by atoms with Crippen molar-refractivity contribution in [2.75, 3.05) is 12.5 Å². The Morgan fingerprint density at radius 3 is 2.94 bits per heavy atom. The second-order valence-electron chi connectivity index (χ2n) is 3.57. The molecular formula is C12H14ClNO2. The summed E-state index contributed by atoms with van der Waals surface area (Å²) in [5.74, 6) is 1.40. The van der Waals surface area contributed by atoms with Gasteiger partial charge in [0.25, 0.3) is 0 Å². The molecule has 0 aliphatic heterocycles. The summed E-state index contributed by atoms with van der Waals surface area (Å²) in [6.45, 7) is 4.58. The van der Waals surface area contributed by atoms with E-state index >= 15 is 0 Å². The summed E-state index contributed by atoms with van der Waals surface area (Å²) in [4.78, 5) is 0. The number of hydrogen-bond acceptors (Lipinski definition) is 3. The van der Waals surface area contributed by atoms with Crippen molar-refractivity contribution in [1.29, 1.82) is 0 Å². The molecule has 4 heteroatoms. The zero-order chi connectivity index (χ0) is 11.5. The van der Waals surface area contributed by atoms with Crippen molar-refractivity contribution in [3.05, 3.63) is 23.4 Å². The van der Waals surface area contributed by atoms with E-state index in [0.717, 1.165) is 34.4 Å². The van der Waals surface area contributed by atoms with Crippen LogP contribution in [0.4, 0.5) is 0 Å². The van der Waals surface area contributed by atoms with E-state index < -0.39 is 0 Å². The van der Waals surface area contributed by atoms with Crippen molar-refractivity contribution in [2.24, 2.45) is 0 Å². The molecule has 0 radical (unpaired) electrons. The summed E-state index contributed by atoms with van der Waals surface area (Å²) >= 11 is 5.71. The Kier molecular flexibility index (Phi) is 3.34. The van der Waals surface area contributed by atoms with Crippen molar-refractivity contribution < 1.29 is 9.26 Å². The minimum absolute atomic E-state index is 0.549. The molecule has 0 saturated carbocycles. The Balaban J connectivity index is 2.50. The van der Waals surface area contributed by atoms with E-state index in [1.165, 1.54) is 0 Å². The molecule has 86 valence electrons. The standard InChI is InChI=1S/C12H14ClNO2/c1-3-15-11-5-4-9-10(6-7-13)14-16-12(9)8(11)2/h4-5H,3,6-7H2,1-2H3. The van der Waals surface area contributed by atoms with Crippen LogP contribution < -0.4 is 4.74 Å². The Bertz CT molecular complexity index is 493. The predicted molar refractivity (Wildman–Crippen MR) is 64.3 cm³/mol. The van der Waals surface area contributed by atoms with Crippen LogP contribution in [-0.4, -0.2) is 17.6 Å². The van der Waals surface area contributed by atoms with Crippen LogP contribution in [0.15, 0.2) is 16.7 Å². The molecule has 2 aromatic rings. The number of aromatic nitrogens is 1. The molecule has 0 spiro atoms. The van der Waals surface area contributed by atoms with Crippen molar-refractivity contribution >= 4 is 22.6 Å². The molecule has 0 bridgehead atoms. The van der Waals surface area contributed by atoms with Gasteiger partial charge in [0, 0.05) is 23.3 Å². The summed E-state index contributed by atoms with van der Waals surface area (Å²) < 4.78 is 10.8. The molecule has 1 aromatic heterocycles. The van der Waals surface area contributed by atoms with Crippen LogP contribution in [0.3, 0.4) is 0 Å². The number of halogens is 1. The van der Waals surface area contributed by atoms with Gasteiger partial charge < -0.3 is 9.26 Å². The lowest BCUT2D eigenvalue weighted by Gasteiger charge is -2.05. The molecule has 0 amide bonds. The second-order valence-corrected chi connectivity index (χ2v) is 3.94. The van der Waals surface area contributed by atoms with E-state index in [2.05, 4.69) is 5.16 Å². The molecule has 0 aliphatic rings. The average molecular weight is 240 g/mol. The van der Waals surface area contributed by atoms with Gasteiger partial charge in [0.15, 0.2) is 5.58 Å². The number of alkyl halides is 1. The van der Waals surface area contributed by atoms with E-state index in [9.17, 15) is 0 Å². The third kappa shape index (κ3) is 1.87. The maximum absolute atomic E-state index is 5.71. The third-order valence-corrected chi connectivity index (χ3v) is 2.73. The third-order valence-electron chi connectivity index (χ3n) is 2.55. The van der Waals surface area contributed by atoms with Crippen molar-refractivity contribution in [1.82, 2.24) is 5.16 Å². The van der Waals surface area contributed by atoms with Gasteiger partial charge in [0.2, 0.25) is 0 Å². The summed E-state index contributed by atoms with van der Waals surface area (Å²) in [5.41, 5.74) is 2.70. The van der Waals surface area contributed by atoms with Crippen LogP contribution >= 0.6 is 11.6 Å². The first kappa shape index (κ1) is 11.3. The Morgan fingerprint density at radius 1 is 1.44 bits per heavy atom. The van der Waals surface area contributed by atoms with E-state index in [-0.39, 0.29) is 0 Å². The highest BCUT2D eigenvalue weighted by Crippen LogP contribution is 2.29. The van der Waals surface area contributed by atoms with Gasteiger partial charge in [-0.3, -0.25) is 0 Å². The molecule has 16 heavy (non-hydrogen) atoms. The van der Waals surface area contributed by atoms with Gasteiger partial charge in [0.1, 0.15) is 5.75 Å². The first-order valence-corrected chi connectivity index (χ1v) is 5.88. The zero-order valence-corrected chi connectivity index (χ0v) is 10.2. The minimum Gasteiger partial charge on any atom is -0.493 e. The highest BCUT2D eigenvalue weighted by Gasteiger charge is 2.12. The summed E-state index contributed by atoms with van der Waals surface area (Å²) in [6, 6.07) is 3.93. The van der Waals surface area contributed by atoms with Gasteiger partial charge in [-0.15, -0.1) is 11.6 Å². The number of ether oxygens (including phenoxy) is 1. The lowest BCUT2D eigenvalue weighted by molar-refractivity contribution is 0.337. The number of fused-ring (bicyclic) bond motifs is 1. The van der Waals surface area contributed by atoms with Crippen LogP contribution in [0.2, 0.25) is 0 Å². The van der Waals surface area contributed by atoms with Gasteiger partial charge >= 0.3 is 0 Å². The van der Waals surface area contributed by atoms with Crippen LogP contribution in [0.1, 0.15) is 18.2 Å². The predicted octanol–water partition coefficient (Wildman–Crippen LogP) is 3.32. The molecule has 0 fully saturated rings. The monoisotopic (exact) mass is 239 g/mol.